The predicted molar refractivity (Wildman–Crippen MR) is 92.3 cm³/mol. The van der Waals surface area contributed by atoms with E-state index in [2.05, 4.69) is 22.6 Å². The highest BCUT2D eigenvalue weighted by Crippen LogP contribution is 2.60. The lowest BCUT2D eigenvalue weighted by Crippen LogP contribution is -2.77. The molecule has 258 valence electrons. The lowest BCUT2D eigenvalue weighted by Gasteiger charge is -2.46. The third kappa shape index (κ3) is 7.26. The topological polar surface area (TPSA) is 98.8 Å². The summed E-state index contributed by atoms with van der Waals surface area (Å²) in [6.07, 6.45) is -30.9. The normalized spacial score (nSPS) is 18.0. The summed E-state index contributed by atoms with van der Waals surface area (Å²) in [7, 11) is 0. The third-order valence-electron chi connectivity index (χ3n) is 4.39. The second-order valence-electron chi connectivity index (χ2n) is 7.32. The second-order valence-corrected chi connectivity index (χ2v) is 7.32. The van der Waals surface area contributed by atoms with Crippen LogP contribution in [0.3, 0.4) is 0 Å². The molecule has 0 rings (SSSR count). The number of ether oxygens (including phenoxy) is 4. The zero-order chi connectivity index (χ0) is 35.4. The van der Waals surface area contributed by atoms with Crippen molar-refractivity contribution in [1.82, 2.24) is 0 Å². The van der Waals surface area contributed by atoms with Gasteiger partial charge in [-0.05, 0) is 13.6 Å². The fourth-order valence-corrected chi connectivity index (χ4v) is 2.11. The highest BCUT2D eigenvalue weighted by molar-refractivity contribution is 5.81. The molecule has 0 aliphatic rings. The summed E-state index contributed by atoms with van der Waals surface area (Å²) in [5.74, 6) is -42.2. The summed E-state index contributed by atoms with van der Waals surface area (Å²) in [5, 5.41) is 0. The molecular formula is C17H10F18O9. The maximum atomic E-state index is 15.3. The van der Waals surface area contributed by atoms with Crippen LogP contribution in [0.1, 0.15) is 0 Å². The minimum Gasteiger partial charge on any atom is -0.456 e. The first kappa shape index (κ1) is 41.0. The van der Waals surface area contributed by atoms with Gasteiger partial charge in [-0.25, -0.2) is 14.3 Å². The molecule has 0 bridgehead atoms. The summed E-state index contributed by atoms with van der Waals surface area (Å²) in [4.78, 5) is 25.1. The van der Waals surface area contributed by atoms with Gasteiger partial charge in [-0.1, -0.05) is 13.2 Å². The zero-order valence-corrected chi connectivity index (χ0v) is 20.0. The van der Waals surface area contributed by atoms with Crippen molar-refractivity contribution in [3.05, 3.63) is 25.3 Å². The van der Waals surface area contributed by atoms with Gasteiger partial charge in [-0.15, -0.1) is 14.8 Å². The number of halogens is 18. The predicted octanol–water partition coefficient (Wildman–Crippen LogP) is 5.82. The highest BCUT2D eigenvalue weighted by Gasteiger charge is 2.93. The first-order valence-corrected chi connectivity index (χ1v) is 9.72. The molecule has 0 aromatic rings. The Morgan fingerprint density at radius 2 is 0.795 bits per heavy atom. The van der Waals surface area contributed by atoms with Crippen molar-refractivity contribution in [3.8, 4) is 0 Å². The van der Waals surface area contributed by atoms with Crippen molar-refractivity contribution in [2.45, 2.75) is 53.8 Å². The van der Waals surface area contributed by atoms with Gasteiger partial charge in [-0.2, -0.15) is 65.9 Å². The molecule has 0 aromatic heterocycles. The number of alkyl halides is 15. The summed E-state index contributed by atoms with van der Waals surface area (Å²) < 4.78 is 259. The van der Waals surface area contributed by atoms with Crippen molar-refractivity contribution < 1.29 is 123 Å². The minimum absolute atomic E-state index is 0.0543. The van der Waals surface area contributed by atoms with E-state index < -0.39 is 79.0 Å². The van der Waals surface area contributed by atoms with E-state index in [9.17, 15) is 84.6 Å². The van der Waals surface area contributed by atoms with Gasteiger partial charge < -0.3 is 9.47 Å². The fourth-order valence-electron chi connectivity index (χ4n) is 2.11. The molecule has 0 amide bonds. The third-order valence-corrected chi connectivity index (χ3v) is 4.39. The number of hydrogen-bond acceptors (Lipinski definition) is 9. The molecule has 0 fully saturated rings. The van der Waals surface area contributed by atoms with Crippen LogP contribution in [0.5, 0.6) is 0 Å². The van der Waals surface area contributed by atoms with E-state index in [1.165, 1.54) is 9.88 Å². The molecule has 0 heterocycles. The van der Waals surface area contributed by atoms with E-state index in [4.69, 9.17) is 0 Å². The number of rotatable bonds is 19. The van der Waals surface area contributed by atoms with E-state index in [1.54, 1.807) is 9.47 Å². The molecule has 9 nitrogen and oxygen atoms in total. The molecule has 0 aromatic carbocycles. The van der Waals surface area contributed by atoms with Gasteiger partial charge in [0.25, 0.3) is 0 Å². The van der Waals surface area contributed by atoms with Gasteiger partial charge in [0.2, 0.25) is 0 Å². The van der Waals surface area contributed by atoms with Crippen LogP contribution in [0, 0.1) is 0 Å². The number of esters is 2. The largest absolute Gasteiger partial charge is 0.456 e. The first-order chi connectivity index (χ1) is 19.5. The van der Waals surface area contributed by atoms with Gasteiger partial charge in [0.15, 0.2) is 13.2 Å². The van der Waals surface area contributed by atoms with Gasteiger partial charge >= 0.3 is 65.8 Å². The van der Waals surface area contributed by atoms with Crippen molar-refractivity contribution in [1.29, 1.82) is 0 Å². The van der Waals surface area contributed by atoms with E-state index in [0.717, 1.165) is 4.94 Å². The van der Waals surface area contributed by atoms with E-state index in [-0.39, 0.29) is 12.2 Å². The van der Waals surface area contributed by atoms with E-state index in [1.807, 2.05) is 0 Å². The maximum absolute atomic E-state index is 15.3. The smallest absolute Gasteiger partial charge is 0.453 e. The van der Waals surface area contributed by atoms with Crippen molar-refractivity contribution in [2.24, 2.45) is 0 Å². The van der Waals surface area contributed by atoms with Crippen LogP contribution in [0.2, 0.25) is 0 Å². The number of carbonyl (C=O) groups is 2. The van der Waals surface area contributed by atoms with Crippen LogP contribution in [-0.4, -0.2) is 79.0 Å². The average Bonchev–Trinajstić information content (AvgIpc) is 2.91. The van der Waals surface area contributed by atoms with Crippen molar-refractivity contribution in [2.75, 3.05) is 13.2 Å². The standard InChI is InChI=1S/C17H10F18O9/c1-3-7(36)38-5-9(18,19)14(25,26)40-11(22,13(24,43-34)17(31,32)44-35)12(23,42-33)16(29,30)41-15(27,28)10(20,21)6-39-8(37)4-2/h3-4H,1-2,5-6H2. The first-order valence-electron chi connectivity index (χ1n) is 9.72. The molecule has 0 spiro atoms. The average molecular weight is 700 g/mol. The Hall–Kier alpha value is -3.04. The highest BCUT2D eigenvalue weighted by atomic mass is 19.4. The van der Waals surface area contributed by atoms with E-state index >= 15 is 4.39 Å². The Morgan fingerprint density at radius 1 is 0.477 bits per heavy atom. The van der Waals surface area contributed by atoms with Crippen molar-refractivity contribution >= 4 is 11.9 Å². The molecule has 0 aliphatic carbocycles. The molecule has 0 radical (unpaired) electrons. The van der Waals surface area contributed by atoms with Crippen molar-refractivity contribution in [3.63, 3.8) is 0 Å². The number of carbonyl (C=O) groups excluding carboxylic acids is 2. The molecule has 44 heavy (non-hydrogen) atoms. The molecule has 3 unspecified atom stereocenters. The lowest BCUT2D eigenvalue weighted by atomic mass is 9.97. The fraction of sp³-hybridized carbons (Fsp3) is 0.647. The van der Waals surface area contributed by atoms with Gasteiger partial charge in [-0.3, -0.25) is 4.74 Å². The summed E-state index contributed by atoms with van der Waals surface area (Å²) in [5.41, 5.74) is 0. The zero-order valence-electron chi connectivity index (χ0n) is 20.0. The Kier molecular flexibility index (Phi) is 12.2. The maximum Gasteiger partial charge on any atom is 0.453 e. The van der Waals surface area contributed by atoms with Crippen LogP contribution in [0.4, 0.5) is 79.4 Å². The van der Waals surface area contributed by atoms with Gasteiger partial charge in [0.1, 0.15) is 0 Å². The van der Waals surface area contributed by atoms with Crippen LogP contribution in [0.25, 0.3) is 0 Å². The quantitative estimate of drug-likeness (QED) is 0.0939. The number of hydrogen-bond donors (Lipinski definition) is 0. The molecule has 3 atom stereocenters. The summed E-state index contributed by atoms with van der Waals surface area (Å²) in [6.45, 7) is -1.36. The molecule has 27 heteroatoms. The van der Waals surface area contributed by atoms with Crippen LogP contribution in [0.15, 0.2) is 25.3 Å². The van der Waals surface area contributed by atoms with Crippen LogP contribution >= 0.6 is 0 Å². The lowest BCUT2D eigenvalue weighted by molar-refractivity contribution is -0.612. The second kappa shape index (κ2) is 13.1. The molecule has 0 aliphatic heterocycles. The van der Waals surface area contributed by atoms with Crippen LogP contribution < -0.4 is 0 Å². The minimum atomic E-state index is -8.45. The summed E-state index contributed by atoms with van der Waals surface area (Å²) in [6, 6.07) is 0. The summed E-state index contributed by atoms with van der Waals surface area (Å²) >= 11 is 0. The monoisotopic (exact) mass is 700 g/mol. The Balaban J connectivity index is 7.41. The molecule has 0 saturated heterocycles. The van der Waals surface area contributed by atoms with Crippen LogP contribution in [-0.2, 0) is 43.4 Å². The molecule has 0 saturated carbocycles. The van der Waals surface area contributed by atoms with Gasteiger partial charge in [0, 0.05) is 12.2 Å². The van der Waals surface area contributed by atoms with E-state index in [0.29, 0.717) is 0 Å². The Labute approximate surface area is 228 Å². The molecular weight excluding hydrogens is 690 g/mol. The molecule has 0 N–H and O–H groups in total. The SMILES string of the molecule is C=CC(=O)OCC(F)(F)C(F)(F)OC(F)(F)C(F)(OF)C(F)(OC(F)(F)C(F)(F)COC(=O)C=C)C(F)(OF)C(F)(F)OF. The Bertz CT molecular complexity index is 1060. The van der Waals surface area contributed by atoms with Gasteiger partial charge in [0.05, 0.1) is 0 Å². The Morgan fingerprint density at radius 3 is 1.09 bits per heavy atom.